The molecule has 1 aromatic heterocycles. The second-order valence-electron chi connectivity index (χ2n) is 7.42. The van der Waals surface area contributed by atoms with E-state index in [9.17, 15) is 12.8 Å². The van der Waals surface area contributed by atoms with Crippen LogP contribution in [0.25, 0.3) is 11.3 Å². The van der Waals surface area contributed by atoms with Crippen molar-refractivity contribution < 1.29 is 22.3 Å². The van der Waals surface area contributed by atoms with Gasteiger partial charge in [0.1, 0.15) is 17.3 Å². The molecule has 10 heteroatoms. The Balaban J connectivity index is 1.49. The molecule has 0 aliphatic carbocycles. The average molecular weight is 478 g/mol. The topological polar surface area (TPSA) is 72.0 Å². The number of hydrogen-bond donors (Lipinski definition) is 0. The van der Waals surface area contributed by atoms with Crippen molar-refractivity contribution >= 4 is 26.5 Å². The Morgan fingerprint density at radius 2 is 1.66 bits per heavy atom. The molecule has 7 nitrogen and oxygen atoms in total. The molecule has 4 rings (SSSR count). The highest BCUT2D eigenvalue weighted by Gasteiger charge is 2.30. The van der Waals surface area contributed by atoms with E-state index in [2.05, 4.69) is 4.90 Å². The summed E-state index contributed by atoms with van der Waals surface area (Å²) < 4.78 is 51.8. The zero-order chi connectivity index (χ0) is 22.9. The van der Waals surface area contributed by atoms with E-state index >= 15 is 0 Å². The maximum absolute atomic E-state index is 13.7. The first kappa shape index (κ1) is 22.5. The fourth-order valence-electron chi connectivity index (χ4n) is 3.61. The summed E-state index contributed by atoms with van der Waals surface area (Å²) in [6.45, 7) is 3.29. The number of methoxy groups -OCH3 is 2. The Hall–Kier alpha value is -2.69. The molecule has 0 bridgehead atoms. The van der Waals surface area contributed by atoms with Crippen molar-refractivity contribution in [3.63, 3.8) is 0 Å². The summed E-state index contributed by atoms with van der Waals surface area (Å²) in [6, 6.07) is 9.44. The van der Waals surface area contributed by atoms with Crippen LogP contribution in [0.2, 0.25) is 0 Å². The minimum Gasteiger partial charge on any atom is -0.497 e. The van der Waals surface area contributed by atoms with Crippen molar-refractivity contribution in [1.29, 1.82) is 0 Å². The quantitative estimate of drug-likeness (QED) is 0.538. The Labute approximate surface area is 191 Å². The predicted molar refractivity (Wildman–Crippen MR) is 123 cm³/mol. The summed E-state index contributed by atoms with van der Waals surface area (Å²) >= 11 is 1.50. The van der Waals surface area contributed by atoms with Crippen molar-refractivity contribution in [2.75, 3.05) is 45.3 Å². The number of ether oxygens (including phenoxy) is 2. The molecule has 3 aromatic rings. The zero-order valence-electron chi connectivity index (χ0n) is 18.0. The van der Waals surface area contributed by atoms with Crippen LogP contribution in [0, 0.1) is 12.7 Å². The fourth-order valence-corrected chi connectivity index (χ4v) is 6.16. The maximum atomic E-state index is 13.7. The molecular formula is C22H24FN3O4S2. The lowest BCUT2D eigenvalue weighted by Gasteiger charge is -2.34. The number of aromatic nitrogens is 1. The largest absolute Gasteiger partial charge is 0.497 e. The van der Waals surface area contributed by atoms with E-state index in [4.69, 9.17) is 14.5 Å². The molecule has 0 atom stereocenters. The Morgan fingerprint density at radius 1 is 1.00 bits per heavy atom. The Kier molecular flexibility index (Phi) is 6.36. The second-order valence-corrected chi connectivity index (χ2v) is 10.2. The van der Waals surface area contributed by atoms with Crippen molar-refractivity contribution in [1.82, 2.24) is 9.29 Å². The van der Waals surface area contributed by atoms with Gasteiger partial charge in [0.25, 0.3) is 0 Å². The number of hydrogen-bond acceptors (Lipinski definition) is 7. The van der Waals surface area contributed by atoms with Gasteiger partial charge in [0.15, 0.2) is 5.13 Å². The van der Waals surface area contributed by atoms with Crippen LogP contribution < -0.4 is 14.4 Å². The van der Waals surface area contributed by atoms with E-state index < -0.39 is 15.8 Å². The molecule has 0 amide bonds. The molecule has 2 heterocycles. The molecule has 1 aliphatic heterocycles. The molecular weight excluding hydrogens is 453 g/mol. The van der Waals surface area contributed by atoms with Crippen LogP contribution in [-0.2, 0) is 10.0 Å². The highest BCUT2D eigenvalue weighted by atomic mass is 32.2. The van der Waals surface area contributed by atoms with Crippen LogP contribution in [0.15, 0.2) is 46.7 Å². The van der Waals surface area contributed by atoms with Crippen molar-refractivity contribution in [2.45, 2.75) is 11.8 Å². The third-order valence-corrected chi connectivity index (χ3v) is 8.36. The summed E-state index contributed by atoms with van der Waals surface area (Å²) in [6.07, 6.45) is 0. The third-order valence-electron chi connectivity index (χ3n) is 5.42. The smallest absolute Gasteiger partial charge is 0.243 e. The van der Waals surface area contributed by atoms with Crippen LogP contribution in [-0.4, -0.2) is 58.1 Å². The van der Waals surface area contributed by atoms with E-state index in [1.165, 1.54) is 27.8 Å². The summed E-state index contributed by atoms with van der Waals surface area (Å²) in [5, 5.41) is 2.78. The van der Waals surface area contributed by atoms with E-state index in [0.717, 1.165) is 22.5 Å². The molecule has 32 heavy (non-hydrogen) atoms. The minimum absolute atomic E-state index is 0.0226. The summed E-state index contributed by atoms with van der Waals surface area (Å²) in [5.41, 5.74) is 2.21. The number of benzene rings is 2. The van der Waals surface area contributed by atoms with Crippen molar-refractivity contribution in [3.05, 3.63) is 53.2 Å². The van der Waals surface area contributed by atoms with Crippen LogP contribution in [0.3, 0.4) is 0 Å². The number of rotatable bonds is 6. The van der Waals surface area contributed by atoms with Crippen molar-refractivity contribution in [3.8, 4) is 22.8 Å². The van der Waals surface area contributed by atoms with Gasteiger partial charge in [0, 0.05) is 43.2 Å². The molecule has 0 unspecified atom stereocenters. The normalized spacial score (nSPS) is 15.1. The Morgan fingerprint density at radius 3 is 2.28 bits per heavy atom. The van der Waals surface area contributed by atoms with Gasteiger partial charge in [-0.1, -0.05) is 6.07 Å². The number of thiazole rings is 1. The van der Waals surface area contributed by atoms with Gasteiger partial charge in [-0.05, 0) is 36.8 Å². The average Bonchev–Trinajstić information content (AvgIpc) is 3.30. The van der Waals surface area contributed by atoms with Gasteiger partial charge in [0.05, 0.1) is 24.8 Å². The van der Waals surface area contributed by atoms with Gasteiger partial charge < -0.3 is 14.4 Å². The lowest BCUT2D eigenvalue weighted by atomic mass is 10.1. The highest BCUT2D eigenvalue weighted by molar-refractivity contribution is 7.89. The number of piperazine rings is 1. The Bertz CT molecular complexity index is 1200. The van der Waals surface area contributed by atoms with E-state index in [0.29, 0.717) is 43.2 Å². The number of nitrogens with zero attached hydrogens (tertiary/aromatic N) is 3. The molecule has 1 fully saturated rings. The van der Waals surface area contributed by atoms with Gasteiger partial charge in [-0.3, -0.25) is 0 Å². The summed E-state index contributed by atoms with van der Waals surface area (Å²) in [7, 11) is -0.550. The lowest BCUT2D eigenvalue weighted by Crippen LogP contribution is -2.48. The fraction of sp³-hybridized carbons (Fsp3) is 0.318. The lowest BCUT2D eigenvalue weighted by molar-refractivity contribution is 0.384. The van der Waals surface area contributed by atoms with E-state index in [1.807, 2.05) is 17.5 Å². The maximum Gasteiger partial charge on any atom is 0.243 e. The molecule has 1 aliphatic rings. The predicted octanol–water partition coefficient (Wildman–Crippen LogP) is 3.79. The number of anilines is 1. The van der Waals surface area contributed by atoms with Gasteiger partial charge in [-0.15, -0.1) is 11.3 Å². The first-order valence-corrected chi connectivity index (χ1v) is 12.3. The molecule has 2 aromatic carbocycles. The van der Waals surface area contributed by atoms with Crippen LogP contribution >= 0.6 is 11.3 Å². The molecule has 1 saturated heterocycles. The SMILES string of the molecule is COc1cc(OC)cc(-c2csc(N3CCN(S(=O)(=O)c4cc(F)ccc4C)CC3)n2)c1. The van der Waals surface area contributed by atoms with E-state index in [-0.39, 0.29) is 4.90 Å². The van der Waals surface area contributed by atoms with Gasteiger partial charge in [-0.2, -0.15) is 4.31 Å². The standard InChI is InChI=1S/C22H24FN3O4S2/c1-15-4-5-17(23)12-21(15)32(27,28)26-8-6-25(7-9-26)22-24-20(14-31-22)16-10-18(29-2)13-19(11-16)30-3/h4-5,10-14H,6-9H2,1-3H3. The molecule has 170 valence electrons. The third kappa shape index (κ3) is 4.43. The van der Waals surface area contributed by atoms with Gasteiger partial charge in [0.2, 0.25) is 10.0 Å². The summed E-state index contributed by atoms with van der Waals surface area (Å²) in [4.78, 5) is 6.83. The molecule has 0 N–H and O–H groups in total. The van der Waals surface area contributed by atoms with Crippen LogP contribution in [0.5, 0.6) is 11.5 Å². The number of aryl methyl sites for hydroxylation is 1. The minimum atomic E-state index is -3.75. The summed E-state index contributed by atoms with van der Waals surface area (Å²) in [5.74, 6) is 0.804. The van der Waals surface area contributed by atoms with Crippen LogP contribution in [0.1, 0.15) is 5.56 Å². The van der Waals surface area contributed by atoms with Gasteiger partial charge >= 0.3 is 0 Å². The molecule has 0 saturated carbocycles. The van der Waals surface area contributed by atoms with Gasteiger partial charge in [-0.25, -0.2) is 17.8 Å². The number of halogens is 1. The molecule has 0 radical (unpaired) electrons. The van der Waals surface area contributed by atoms with Crippen molar-refractivity contribution in [2.24, 2.45) is 0 Å². The van der Waals surface area contributed by atoms with E-state index in [1.54, 1.807) is 27.2 Å². The zero-order valence-corrected chi connectivity index (χ0v) is 19.7. The first-order chi connectivity index (χ1) is 15.3. The monoisotopic (exact) mass is 477 g/mol. The highest BCUT2D eigenvalue weighted by Crippen LogP contribution is 2.33. The van der Waals surface area contributed by atoms with Crippen LogP contribution in [0.4, 0.5) is 9.52 Å². The first-order valence-electron chi connectivity index (χ1n) is 10.0. The number of sulfonamides is 1. The second kappa shape index (κ2) is 9.05. The molecule has 0 spiro atoms.